The number of fused-ring (bicyclic) bond motifs is 2. The first-order valence-electron chi connectivity index (χ1n) is 14.1. The molecule has 9 nitrogen and oxygen atoms in total. The summed E-state index contributed by atoms with van der Waals surface area (Å²) >= 11 is 0. The van der Waals surface area contributed by atoms with Gasteiger partial charge in [0.15, 0.2) is 11.6 Å². The van der Waals surface area contributed by atoms with E-state index in [9.17, 15) is 44.8 Å². The van der Waals surface area contributed by atoms with Crippen LogP contribution in [0.25, 0.3) is 0 Å². The maximum absolute atomic E-state index is 14.8. The smallest absolute Gasteiger partial charge is 0.487 e. The van der Waals surface area contributed by atoms with E-state index in [1.165, 1.54) is 6.07 Å². The molecular formula is C29H29F5N2O7S. The Morgan fingerprint density at radius 3 is 2.25 bits per heavy atom. The number of hydrogen-bond acceptors (Lipinski definition) is 6. The standard InChI is InChI=1S/C29H29F5N2O7S/c30-21-13-22(31)23(43-18-8-6-14(7-9-18)28(39)40)12-20(21)26(37)36-25-16-5-4-15(10-16)24(25)27(38)35-17-2-1-3-19(11-17)44(41,42)29(32,33)34/h1-3,11-16,18,24-25H,4-10H2,(H,35,38)(H,36,37)(H,39,40). The van der Waals surface area contributed by atoms with Crippen molar-refractivity contribution >= 4 is 33.3 Å². The Bertz CT molecular complexity index is 1570. The summed E-state index contributed by atoms with van der Waals surface area (Å²) in [5.74, 6) is -6.77. The molecule has 3 N–H and O–H groups in total. The number of sulfone groups is 1. The zero-order valence-corrected chi connectivity index (χ0v) is 23.9. The Balaban J connectivity index is 1.30. The van der Waals surface area contributed by atoms with Crippen LogP contribution in [0, 0.1) is 35.3 Å². The van der Waals surface area contributed by atoms with Crippen LogP contribution in [0.1, 0.15) is 55.3 Å². The first-order chi connectivity index (χ1) is 20.7. The molecule has 238 valence electrons. The zero-order valence-electron chi connectivity index (χ0n) is 23.1. The van der Waals surface area contributed by atoms with Crippen LogP contribution in [0.3, 0.4) is 0 Å². The molecule has 3 aliphatic carbocycles. The van der Waals surface area contributed by atoms with Crippen molar-refractivity contribution in [2.75, 3.05) is 5.32 Å². The molecule has 0 aromatic heterocycles. The SMILES string of the molecule is O=C(NC1C2CCC(C2)C1C(=O)Nc1cccc(S(=O)(=O)C(F)(F)F)c1)c1cc(OC2CCC(C(=O)O)CC2)c(F)cc1F. The Hall–Kier alpha value is -3.75. The quantitative estimate of drug-likeness (QED) is 0.342. The molecular weight excluding hydrogens is 615 g/mol. The fraction of sp³-hybridized carbons (Fsp3) is 0.483. The van der Waals surface area contributed by atoms with Crippen LogP contribution in [-0.2, 0) is 19.4 Å². The van der Waals surface area contributed by atoms with Gasteiger partial charge in [-0.15, -0.1) is 0 Å². The number of carboxylic acids is 1. The minimum atomic E-state index is -5.65. The molecule has 44 heavy (non-hydrogen) atoms. The molecule has 5 rings (SSSR count). The normalized spacial score (nSPS) is 26.7. The van der Waals surface area contributed by atoms with E-state index in [2.05, 4.69) is 10.6 Å². The summed E-state index contributed by atoms with van der Waals surface area (Å²) in [4.78, 5) is 36.7. The van der Waals surface area contributed by atoms with Gasteiger partial charge in [-0.05, 0) is 81.0 Å². The number of aliphatic carboxylic acids is 1. The van der Waals surface area contributed by atoms with E-state index < -0.39 is 79.2 Å². The van der Waals surface area contributed by atoms with Crippen LogP contribution in [-0.4, -0.2) is 49.0 Å². The fourth-order valence-electron chi connectivity index (χ4n) is 6.61. The topological polar surface area (TPSA) is 139 Å². The lowest BCUT2D eigenvalue weighted by Crippen LogP contribution is -2.48. The summed E-state index contributed by atoms with van der Waals surface area (Å²) < 4.78 is 97.7. The molecule has 3 aliphatic rings. The molecule has 2 aromatic rings. The first-order valence-corrected chi connectivity index (χ1v) is 15.6. The minimum Gasteiger partial charge on any atom is -0.487 e. The number of ether oxygens (including phenoxy) is 1. The molecule has 0 heterocycles. The van der Waals surface area contributed by atoms with Crippen molar-refractivity contribution in [1.29, 1.82) is 0 Å². The van der Waals surface area contributed by atoms with E-state index in [4.69, 9.17) is 9.84 Å². The van der Waals surface area contributed by atoms with E-state index in [0.29, 0.717) is 57.1 Å². The molecule has 3 saturated carbocycles. The molecule has 4 unspecified atom stereocenters. The fourth-order valence-corrected chi connectivity index (χ4v) is 7.41. The summed E-state index contributed by atoms with van der Waals surface area (Å²) in [7, 11) is -5.65. The van der Waals surface area contributed by atoms with Crippen LogP contribution in [0.15, 0.2) is 41.3 Å². The Labute approximate surface area is 249 Å². The number of rotatable bonds is 8. The minimum absolute atomic E-state index is 0.153. The van der Waals surface area contributed by atoms with Gasteiger partial charge in [-0.25, -0.2) is 17.2 Å². The van der Waals surface area contributed by atoms with E-state index in [0.717, 1.165) is 18.2 Å². The van der Waals surface area contributed by atoms with Crippen LogP contribution in [0.4, 0.5) is 27.6 Å². The first kappa shape index (κ1) is 31.7. The third-order valence-corrected chi connectivity index (χ3v) is 10.3. The Morgan fingerprint density at radius 1 is 0.909 bits per heavy atom. The van der Waals surface area contributed by atoms with Crippen molar-refractivity contribution in [3.05, 3.63) is 53.6 Å². The maximum atomic E-state index is 14.8. The number of carboxylic acid groups (broad SMARTS) is 1. The summed E-state index contributed by atoms with van der Waals surface area (Å²) in [6, 6.07) is 4.42. The Kier molecular flexibility index (Phi) is 8.62. The number of hydrogen-bond donors (Lipinski definition) is 3. The summed E-state index contributed by atoms with van der Waals surface area (Å²) in [5, 5.41) is 14.3. The molecule has 0 spiro atoms. The molecule has 4 atom stereocenters. The third-order valence-electron chi connectivity index (χ3n) is 8.82. The summed E-state index contributed by atoms with van der Waals surface area (Å²) in [6.07, 6.45) is 2.67. The van der Waals surface area contributed by atoms with Crippen LogP contribution < -0.4 is 15.4 Å². The number of halogens is 5. The molecule has 0 aliphatic heterocycles. The summed E-state index contributed by atoms with van der Waals surface area (Å²) in [6.45, 7) is 0. The van der Waals surface area contributed by atoms with Gasteiger partial charge in [-0.3, -0.25) is 14.4 Å². The van der Waals surface area contributed by atoms with Gasteiger partial charge in [0.2, 0.25) is 5.91 Å². The number of amides is 2. The lowest BCUT2D eigenvalue weighted by molar-refractivity contribution is -0.143. The van der Waals surface area contributed by atoms with Crippen molar-refractivity contribution in [1.82, 2.24) is 5.32 Å². The number of nitrogens with one attached hydrogen (secondary N) is 2. The van der Waals surface area contributed by atoms with Crippen molar-refractivity contribution in [3.63, 3.8) is 0 Å². The number of carbonyl (C=O) groups excluding carboxylic acids is 2. The van der Waals surface area contributed by atoms with Gasteiger partial charge >= 0.3 is 11.5 Å². The van der Waals surface area contributed by atoms with Crippen molar-refractivity contribution < 1.29 is 54.6 Å². The molecule has 3 fully saturated rings. The van der Waals surface area contributed by atoms with Crippen LogP contribution in [0.2, 0.25) is 0 Å². The predicted octanol–water partition coefficient (Wildman–Crippen LogP) is 5.06. The summed E-state index contributed by atoms with van der Waals surface area (Å²) in [5.41, 5.74) is -6.24. The van der Waals surface area contributed by atoms with Gasteiger partial charge < -0.3 is 20.5 Å². The largest absolute Gasteiger partial charge is 0.501 e. The average Bonchev–Trinajstić information content (AvgIpc) is 3.56. The van der Waals surface area contributed by atoms with Crippen molar-refractivity contribution in [3.8, 4) is 5.75 Å². The molecule has 2 amide bonds. The van der Waals surface area contributed by atoms with Gasteiger partial charge in [-0.1, -0.05) is 6.07 Å². The Morgan fingerprint density at radius 2 is 1.59 bits per heavy atom. The second-order valence-corrected chi connectivity index (χ2v) is 13.5. The van der Waals surface area contributed by atoms with E-state index in [-0.39, 0.29) is 23.3 Å². The highest BCUT2D eigenvalue weighted by atomic mass is 32.2. The molecule has 2 aromatic carbocycles. The predicted molar refractivity (Wildman–Crippen MR) is 144 cm³/mol. The second-order valence-electron chi connectivity index (χ2n) is 11.5. The highest BCUT2D eigenvalue weighted by Crippen LogP contribution is 2.49. The van der Waals surface area contributed by atoms with E-state index >= 15 is 0 Å². The zero-order chi connectivity index (χ0) is 32.0. The molecule has 0 saturated heterocycles. The van der Waals surface area contributed by atoms with E-state index in [1.54, 1.807) is 0 Å². The molecule has 0 radical (unpaired) electrons. The van der Waals surface area contributed by atoms with Gasteiger partial charge in [-0.2, -0.15) is 13.2 Å². The number of benzene rings is 2. The molecule has 2 bridgehead atoms. The van der Waals surface area contributed by atoms with Crippen molar-refractivity contribution in [2.45, 2.75) is 67.5 Å². The van der Waals surface area contributed by atoms with Gasteiger partial charge in [0, 0.05) is 17.8 Å². The maximum Gasteiger partial charge on any atom is 0.501 e. The van der Waals surface area contributed by atoms with E-state index in [1.807, 2.05) is 0 Å². The number of anilines is 1. The lowest BCUT2D eigenvalue weighted by atomic mass is 9.83. The van der Waals surface area contributed by atoms with Crippen LogP contribution in [0.5, 0.6) is 5.75 Å². The third kappa shape index (κ3) is 6.24. The van der Waals surface area contributed by atoms with Gasteiger partial charge in [0.05, 0.1) is 28.4 Å². The monoisotopic (exact) mass is 644 g/mol. The highest BCUT2D eigenvalue weighted by molar-refractivity contribution is 7.92. The van der Waals surface area contributed by atoms with Crippen LogP contribution >= 0.6 is 0 Å². The second kappa shape index (κ2) is 12.0. The lowest BCUT2D eigenvalue weighted by Gasteiger charge is -2.31. The van der Waals surface area contributed by atoms with Gasteiger partial charge in [0.25, 0.3) is 15.7 Å². The van der Waals surface area contributed by atoms with Gasteiger partial charge in [0.1, 0.15) is 5.82 Å². The van der Waals surface area contributed by atoms with Crippen molar-refractivity contribution in [2.24, 2.45) is 23.7 Å². The highest BCUT2D eigenvalue weighted by Gasteiger charge is 2.52. The average molecular weight is 645 g/mol. The number of alkyl halides is 3. The number of carbonyl (C=O) groups is 3. The molecule has 15 heteroatoms.